The molecule has 3 N–H and O–H groups in total. The summed E-state index contributed by atoms with van der Waals surface area (Å²) in [6.45, 7) is 2.75. The van der Waals surface area contributed by atoms with Gasteiger partial charge in [-0.05, 0) is 24.3 Å². The zero-order chi connectivity index (χ0) is 11.3. The minimum Gasteiger partial charge on any atom is -0.478 e. The highest BCUT2D eigenvalue weighted by molar-refractivity contribution is 7.98. The van der Waals surface area contributed by atoms with Crippen LogP contribution in [0.2, 0.25) is 0 Å². The van der Waals surface area contributed by atoms with Crippen molar-refractivity contribution in [2.24, 2.45) is 11.7 Å². The van der Waals surface area contributed by atoms with Gasteiger partial charge in [-0.15, -0.1) is 0 Å². The predicted octanol–water partition coefficient (Wildman–Crippen LogP) is 1.81. The Morgan fingerprint density at radius 1 is 1.73 bits per heavy atom. The number of rotatable bonds is 6. The van der Waals surface area contributed by atoms with Gasteiger partial charge < -0.3 is 15.3 Å². The molecule has 1 aromatic heterocycles. The van der Waals surface area contributed by atoms with Crippen LogP contribution in [0.3, 0.4) is 0 Å². The van der Waals surface area contributed by atoms with Crippen LogP contribution in [0.25, 0.3) is 0 Å². The first-order chi connectivity index (χ1) is 7.13. The highest BCUT2D eigenvalue weighted by Gasteiger charge is 2.08. The molecule has 4 nitrogen and oxygen atoms in total. The van der Waals surface area contributed by atoms with E-state index < -0.39 is 5.97 Å². The maximum absolute atomic E-state index is 10.6. The number of nitrogens with two attached hydrogens (primary N) is 1. The van der Waals surface area contributed by atoms with Crippen molar-refractivity contribution >= 4 is 17.7 Å². The number of hydrogen-bond acceptors (Lipinski definition) is 4. The molecule has 0 aromatic carbocycles. The van der Waals surface area contributed by atoms with Gasteiger partial charge in [-0.1, -0.05) is 6.92 Å². The van der Waals surface area contributed by atoms with Crippen molar-refractivity contribution in [3.8, 4) is 0 Å². The van der Waals surface area contributed by atoms with Crippen LogP contribution in [0.1, 0.15) is 23.0 Å². The number of thioether (sulfide) groups is 1. The van der Waals surface area contributed by atoms with Gasteiger partial charge in [0.05, 0.1) is 11.3 Å². The molecule has 1 atom stereocenters. The van der Waals surface area contributed by atoms with Gasteiger partial charge >= 0.3 is 5.97 Å². The first-order valence-corrected chi connectivity index (χ1v) is 5.87. The normalized spacial score (nSPS) is 12.7. The minimum absolute atomic E-state index is 0.206. The monoisotopic (exact) mass is 229 g/mol. The summed E-state index contributed by atoms with van der Waals surface area (Å²) in [5.41, 5.74) is 5.69. The van der Waals surface area contributed by atoms with Crippen LogP contribution in [0, 0.1) is 5.92 Å². The summed E-state index contributed by atoms with van der Waals surface area (Å²) in [7, 11) is 0. The molecule has 0 amide bonds. The summed E-state index contributed by atoms with van der Waals surface area (Å²) < 4.78 is 5.11. The molecule has 0 aliphatic carbocycles. The molecule has 1 rings (SSSR count). The molecular formula is C10H15NO3S. The average Bonchev–Trinajstić information content (AvgIpc) is 2.66. The maximum Gasteiger partial charge on any atom is 0.338 e. The minimum atomic E-state index is -0.953. The van der Waals surface area contributed by atoms with Crippen LogP contribution in [0.4, 0.5) is 0 Å². The Labute approximate surface area is 92.8 Å². The van der Waals surface area contributed by atoms with E-state index in [0.717, 1.165) is 5.75 Å². The van der Waals surface area contributed by atoms with E-state index in [9.17, 15) is 4.79 Å². The lowest BCUT2D eigenvalue weighted by Crippen LogP contribution is -2.12. The van der Waals surface area contributed by atoms with Gasteiger partial charge in [0.15, 0.2) is 0 Å². The summed E-state index contributed by atoms with van der Waals surface area (Å²) in [6, 6.07) is 1.56. The summed E-state index contributed by atoms with van der Waals surface area (Å²) in [4.78, 5) is 10.6. The van der Waals surface area contributed by atoms with Crippen molar-refractivity contribution in [1.82, 2.24) is 0 Å². The zero-order valence-corrected chi connectivity index (χ0v) is 9.42. The Morgan fingerprint density at radius 2 is 2.47 bits per heavy atom. The van der Waals surface area contributed by atoms with Gasteiger partial charge in [0, 0.05) is 0 Å². The molecule has 0 bridgehead atoms. The fourth-order valence-electron chi connectivity index (χ4n) is 0.997. The van der Waals surface area contributed by atoms with Crippen LogP contribution in [-0.2, 0) is 5.75 Å². The zero-order valence-electron chi connectivity index (χ0n) is 8.60. The van der Waals surface area contributed by atoms with Gasteiger partial charge in [-0.2, -0.15) is 11.8 Å². The lowest BCUT2D eigenvalue weighted by atomic mass is 10.2. The van der Waals surface area contributed by atoms with Crippen molar-refractivity contribution < 1.29 is 14.3 Å². The molecular weight excluding hydrogens is 214 g/mol. The number of carboxylic acids is 1. The third-order valence-electron chi connectivity index (χ3n) is 1.95. The number of carboxylic acid groups (broad SMARTS) is 1. The van der Waals surface area contributed by atoms with E-state index in [2.05, 4.69) is 6.92 Å². The molecule has 84 valence electrons. The van der Waals surface area contributed by atoms with E-state index in [4.69, 9.17) is 15.3 Å². The van der Waals surface area contributed by atoms with E-state index in [1.165, 1.54) is 6.26 Å². The average molecular weight is 229 g/mol. The Bertz CT molecular complexity index is 324. The second-order valence-electron chi connectivity index (χ2n) is 3.46. The maximum atomic E-state index is 10.6. The molecule has 5 heteroatoms. The Morgan fingerprint density at radius 3 is 3.00 bits per heavy atom. The quantitative estimate of drug-likeness (QED) is 0.778. The number of hydrogen-bond donors (Lipinski definition) is 2. The molecule has 0 saturated heterocycles. The highest BCUT2D eigenvalue weighted by Crippen LogP contribution is 2.17. The van der Waals surface area contributed by atoms with Crippen molar-refractivity contribution in [2.45, 2.75) is 12.7 Å². The Balaban J connectivity index is 2.35. The summed E-state index contributed by atoms with van der Waals surface area (Å²) in [5, 5.41) is 8.67. The van der Waals surface area contributed by atoms with Crippen LogP contribution < -0.4 is 5.73 Å². The second kappa shape index (κ2) is 5.82. The van der Waals surface area contributed by atoms with Crippen LogP contribution in [0.5, 0.6) is 0 Å². The smallest absolute Gasteiger partial charge is 0.338 e. The second-order valence-corrected chi connectivity index (χ2v) is 4.49. The molecule has 0 radical (unpaired) electrons. The first kappa shape index (κ1) is 12.1. The van der Waals surface area contributed by atoms with Gasteiger partial charge in [0.1, 0.15) is 12.0 Å². The van der Waals surface area contributed by atoms with E-state index >= 15 is 0 Å². The highest BCUT2D eigenvalue weighted by atomic mass is 32.2. The molecule has 1 unspecified atom stereocenters. The SMILES string of the molecule is CC(CN)CSCc1cc(C(=O)O)co1. The van der Waals surface area contributed by atoms with Crippen LogP contribution >= 0.6 is 11.8 Å². The Hall–Kier alpha value is -0.940. The number of carbonyl (C=O) groups is 1. The summed E-state index contributed by atoms with van der Waals surface area (Å²) >= 11 is 1.70. The van der Waals surface area contributed by atoms with Gasteiger partial charge in [-0.3, -0.25) is 0 Å². The molecule has 0 fully saturated rings. The largest absolute Gasteiger partial charge is 0.478 e. The van der Waals surface area contributed by atoms with E-state index in [-0.39, 0.29) is 5.56 Å². The van der Waals surface area contributed by atoms with Crippen LogP contribution in [-0.4, -0.2) is 23.4 Å². The topological polar surface area (TPSA) is 76.5 Å². The van der Waals surface area contributed by atoms with Gasteiger partial charge in [0.2, 0.25) is 0 Å². The molecule has 0 spiro atoms. The van der Waals surface area contributed by atoms with E-state index in [1.54, 1.807) is 17.8 Å². The first-order valence-electron chi connectivity index (χ1n) is 4.72. The molecule has 0 aliphatic heterocycles. The fourth-order valence-corrected chi connectivity index (χ4v) is 2.01. The molecule has 15 heavy (non-hydrogen) atoms. The lowest BCUT2D eigenvalue weighted by Gasteiger charge is -2.05. The van der Waals surface area contributed by atoms with Crippen molar-refractivity contribution in [3.63, 3.8) is 0 Å². The molecule has 1 heterocycles. The van der Waals surface area contributed by atoms with E-state index in [0.29, 0.717) is 24.0 Å². The third-order valence-corrected chi connectivity index (χ3v) is 3.24. The molecule has 1 aromatic rings. The molecule has 0 aliphatic rings. The summed E-state index contributed by atoms with van der Waals surface area (Å²) in [5.74, 6) is 1.87. The van der Waals surface area contributed by atoms with Gasteiger partial charge in [0.25, 0.3) is 0 Å². The lowest BCUT2D eigenvalue weighted by molar-refractivity contribution is 0.0696. The number of furan rings is 1. The van der Waals surface area contributed by atoms with Crippen molar-refractivity contribution in [3.05, 3.63) is 23.7 Å². The fraction of sp³-hybridized carbons (Fsp3) is 0.500. The summed E-state index contributed by atoms with van der Waals surface area (Å²) in [6.07, 6.45) is 1.27. The predicted molar refractivity (Wildman–Crippen MR) is 60.0 cm³/mol. The molecule has 0 saturated carbocycles. The van der Waals surface area contributed by atoms with Gasteiger partial charge in [-0.25, -0.2) is 4.79 Å². The van der Waals surface area contributed by atoms with E-state index in [1.807, 2.05) is 0 Å². The van der Waals surface area contributed by atoms with Crippen LogP contribution in [0.15, 0.2) is 16.7 Å². The number of aromatic carboxylic acids is 1. The van der Waals surface area contributed by atoms with Crippen molar-refractivity contribution in [2.75, 3.05) is 12.3 Å². The third kappa shape index (κ3) is 3.97. The standard InChI is InChI=1S/C10H15NO3S/c1-7(3-11)5-15-6-9-2-8(4-14-9)10(12)13/h2,4,7H,3,5-6,11H2,1H3,(H,12,13). The Kier molecular flexibility index (Phi) is 4.71. The van der Waals surface area contributed by atoms with Crippen molar-refractivity contribution in [1.29, 1.82) is 0 Å².